The van der Waals surface area contributed by atoms with Crippen LogP contribution in [0, 0.1) is 5.82 Å². The molecule has 200 valence electrons. The minimum Gasteiger partial charge on any atom is -0.330 e. The molecule has 0 unspecified atom stereocenters. The molecule has 0 spiro atoms. The zero-order chi connectivity index (χ0) is 26.8. The van der Waals surface area contributed by atoms with Crippen LogP contribution in [0.5, 0.6) is 0 Å². The van der Waals surface area contributed by atoms with E-state index in [9.17, 15) is 4.39 Å². The summed E-state index contributed by atoms with van der Waals surface area (Å²) in [6.07, 6.45) is 2.95. The SMILES string of the molecule is CN1CCN(CCCn2cnc(-c3ccc(F)cc3)c2-c2ccc3[nH]nc(-c4ccccc4CN)c3c2)CC1. The molecule has 1 aliphatic rings. The number of hydrogen-bond donors (Lipinski definition) is 2. The van der Waals surface area contributed by atoms with Crippen LogP contribution in [0.2, 0.25) is 0 Å². The molecule has 0 bridgehead atoms. The van der Waals surface area contributed by atoms with Crippen molar-refractivity contribution in [2.45, 2.75) is 19.5 Å². The highest BCUT2D eigenvalue weighted by Crippen LogP contribution is 2.36. The Balaban J connectivity index is 1.38. The monoisotopic (exact) mass is 523 g/mol. The van der Waals surface area contributed by atoms with E-state index in [1.54, 1.807) is 12.1 Å². The molecule has 0 radical (unpaired) electrons. The third kappa shape index (κ3) is 5.23. The summed E-state index contributed by atoms with van der Waals surface area (Å²) in [5.41, 5.74) is 13.8. The summed E-state index contributed by atoms with van der Waals surface area (Å²) in [6, 6.07) is 21.1. The number of rotatable bonds is 8. The lowest BCUT2D eigenvalue weighted by atomic mass is 9.99. The Labute approximate surface area is 228 Å². The fourth-order valence-electron chi connectivity index (χ4n) is 5.51. The van der Waals surface area contributed by atoms with Gasteiger partial charge in [-0.25, -0.2) is 9.37 Å². The first-order chi connectivity index (χ1) is 19.1. The number of hydrogen-bond acceptors (Lipinski definition) is 5. The average Bonchev–Trinajstić information content (AvgIpc) is 3.58. The smallest absolute Gasteiger partial charge is 0.123 e. The maximum atomic E-state index is 13.8. The molecule has 3 N–H and O–H groups in total. The lowest BCUT2D eigenvalue weighted by Gasteiger charge is -2.32. The number of fused-ring (bicyclic) bond motifs is 1. The number of imidazole rings is 1. The predicted octanol–water partition coefficient (Wildman–Crippen LogP) is 5.00. The molecule has 6 rings (SSSR count). The van der Waals surface area contributed by atoms with Crippen LogP contribution in [-0.2, 0) is 13.1 Å². The number of aromatic amines is 1. The van der Waals surface area contributed by atoms with Crippen molar-refractivity contribution in [1.29, 1.82) is 0 Å². The molecule has 2 aromatic heterocycles. The first-order valence-corrected chi connectivity index (χ1v) is 13.6. The highest BCUT2D eigenvalue weighted by molar-refractivity contribution is 5.97. The van der Waals surface area contributed by atoms with Gasteiger partial charge in [-0.3, -0.25) is 5.10 Å². The number of halogens is 1. The minimum absolute atomic E-state index is 0.255. The standard InChI is InChI=1S/C31H34FN7/c1-37-15-17-38(18-16-37)13-4-14-39-21-34-29(22-7-10-25(32)11-8-22)31(39)23-9-12-28-27(19-23)30(36-35-28)26-6-3-2-5-24(26)20-33/h2-3,5-12,19,21H,4,13-18,20,33H2,1H3,(H,35,36). The molecular weight excluding hydrogens is 489 g/mol. The number of nitrogens with zero attached hydrogens (tertiary/aromatic N) is 5. The van der Waals surface area contributed by atoms with E-state index in [1.165, 1.54) is 12.1 Å². The molecule has 0 saturated carbocycles. The molecule has 3 heterocycles. The molecule has 1 saturated heterocycles. The van der Waals surface area contributed by atoms with Gasteiger partial charge in [0.05, 0.1) is 23.2 Å². The number of aromatic nitrogens is 4. The second-order valence-corrected chi connectivity index (χ2v) is 10.3. The van der Waals surface area contributed by atoms with Crippen LogP contribution in [-0.4, -0.2) is 69.3 Å². The van der Waals surface area contributed by atoms with Crippen molar-refractivity contribution in [3.8, 4) is 33.8 Å². The zero-order valence-electron chi connectivity index (χ0n) is 22.3. The van der Waals surface area contributed by atoms with Crippen LogP contribution in [0.1, 0.15) is 12.0 Å². The van der Waals surface area contributed by atoms with E-state index in [-0.39, 0.29) is 5.82 Å². The fraction of sp³-hybridized carbons (Fsp3) is 0.290. The van der Waals surface area contributed by atoms with Crippen LogP contribution in [0.25, 0.3) is 44.7 Å². The molecule has 1 fully saturated rings. The highest BCUT2D eigenvalue weighted by atomic mass is 19.1. The highest BCUT2D eigenvalue weighted by Gasteiger charge is 2.19. The molecule has 7 nitrogen and oxygen atoms in total. The molecule has 5 aromatic rings. The quantitative estimate of drug-likeness (QED) is 0.299. The molecule has 1 aliphatic heterocycles. The molecule has 0 amide bonds. The Hall–Kier alpha value is -3.85. The molecular formula is C31H34FN7. The molecule has 39 heavy (non-hydrogen) atoms. The van der Waals surface area contributed by atoms with Crippen molar-refractivity contribution >= 4 is 10.9 Å². The van der Waals surface area contributed by atoms with Crippen molar-refractivity contribution in [2.24, 2.45) is 5.73 Å². The number of nitrogens with one attached hydrogen (secondary N) is 1. The average molecular weight is 524 g/mol. The van der Waals surface area contributed by atoms with Gasteiger partial charge in [0.25, 0.3) is 0 Å². The van der Waals surface area contributed by atoms with Crippen molar-refractivity contribution in [1.82, 2.24) is 29.5 Å². The van der Waals surface area contributed by atoms with E-state index in [0.717, 1.165) is 95.9 Å². The first-order valence-electron chi connectivity index (χ1n) is 13.6. The summed E-state index contributed by atoms with van der Waals surface area (Å²) >= 11 is 0. The van der Waals surface area contributed by atoms with E-state index in [4.69, 9.17) is 10.7 Å². The summed E-state index contributed by atoms with van der Waals surface area (Å²) in [4.78, 5) is 9.74. The van der Waals surface area contributed by atoms with Crippen molar-refractivity contribution in [2.75, 3.05) is 39.8 Å². The first kappa shape index (κ1) is 25.4. The Bertz CT molecular complexity index is 1560. The predicted molar refractivity (Wildman–Crippen MR) is 155 cm³/mol. The lowest BCUT2D eigenvalue weighted by molar-refractivity contribution is 0.151. The van der Waals surface area contributed by atoms with E-state index >= 15 is 0 Å². The van der Waals surface area contributed by atoms with E-state index < -0.39 is 0 Å². The summed E-state index contributed by atoms with van der Waals surface area (Å²) in [6.45, 7) is 6.80. The largest absolute Gasteiger partial charge is 0.330 e. The van der Waals surface area contributed by atoms with Crippen LogP contribution in [0.3, 0.4) is 0 Å². The van der Waals surface area contributed by atoms with Gasteiger partial charge in [0.2, 0.25) is 0 Å². The molecule has 0 atom stereocenters. The summed E-state index contributed by atoms with van der Waals surface area (Å²) in [5.74, 6) is -0.255. The van der Waals surface area contributed by atoms with Crippen LogP contribution in [0.4, 0.5) is 4.39 Å². The van der Waals surface area contributed by atoms with Gasteiger partial charge in [0.1, 0.15) is 11.5 Å². The molecule has 8 heteroatoms. The van der Waals surface area contributed by atoms with Gasteiger partial charge in [0.15, 0.2) is 0 Å². The second kappa shape index (κ2) is 11.1. The van der Waals surface area contributed by atoms with Gasteiger partial charge in [0, 0.05) is 61.3 Å². The van der Waals surface area contributed by atoms with Gasteiger partial charge < -0.3 is 20.1 Å². The number of piperazine rings is 1. The molecule has 3 aromatic carbocycles. The van der Waals surface area contributed by atoms with Crippen LogP contribution in [0.15, 0.2) is 73.1 Å². The second-order valence-electron chi connectivity index (χ2n) is 10.3. The van der Waals surface area contributed by atoms with Crippen molar-refractivity contribution in [3.05, 3.63) is 84.4 Å². The van der Waals surface area contributed by atoms with Gasteiger partial charge in [-0.15, -0.1) is 0 Å². The van der Waals surface area contributed by atoms with Gasteiger partial charge >= 0.3 is 0 Å². The summed E-state index contributed by atoms with van der Waals surface area (Å²) in [7, 11) is 2.18. The Morgan fingerprint density at radius 2 is 1.67 bits per heavy atom. The van der Waals surface area contributed by atoms with E-state index in [2.05, 4.69) is 55.9 Å². The van der Waals surface area contributed by atoms with E-state index in [1.807, 2.05) is 24.5 Å². The van der Waals surface area contributed by atoms with Gasteiger partial charge in [-0.2, -0.15) is 5.10 Å². The maximum Gasteiger partial charge on any atom is 0.123 e. The van der Waals surface area contributed by atoms with Crippen LogP contribution >= 0.6 is 0 Å². The Morgan fingerprint density at radius 3 is 2.46 bits per heavy atom. The number of benzene rings is 3. The number of likely N-dealkylation sites (N-methyl/N-ethyl adjacent to an activating group) is 1. The third-order valence-corrected chi connectivity index (χ3v) is 7.75. The van der Waals surface area contributed by atoms with Crippen molar-refractivity contribution in [3.63, 3.8) is 0 Å². The zero-order valence-corrected chi connectivity index (χ0v) is 22.3. The minimum atomic E-state index is -0.255. The summed E-state index contributed by atoms with van der Waals surface area (Å²) < 4.78 is 16.0. The topological polar surface area (TPSA) is 79.0 Å². The maximum absolute atomic E-state index is 13.8. The van der Waals surface area contributed by atoms with E-state index in [0.29, 0.717) is 6.54 Å². The van der Waals surface area contributed by atoms with Gasteiger partial charge in [-0.1, -0.05) is 30.3 Å². The Morgan fingerprint density at radius 1 is 0.897 bits per heavy atom. The number of H-pyrrole nitrogens is 1. The Kier molecular flexibility index (Phi) is 7.24. The number of aryl methyl sites for hydroxylation is 1. The van der Waals surface area contributed by atoms with Crippen LogP contribution < -0.4 is 5.73 Å². The van der Waals surface area contributed by atoms with Crippen molar-refractivity contribution < 1.29 is 4.39 Å². The third-order valence-electron chi connectivity index (χ3n) is 7.75. The summed E-state index contributed by atoms with van der Waals surface area (Å²) in [5, 5.41) is 8.88. The van der Waals surface area contributed by atoms with Gasteiger partial charge in [-0.05, 0) is 62.0 Å². The number of nitrogens with two attached hydrogens (primary N) is 1. The fourth-order valence-corrected chi connectivity index (χ4v) is 5.51. The molecule has 0 aliphatic carbocycles. The normalized spacial score (nSPS) is 14.8. The lowest BCUT2D eigenvalue weighted by Crippen LogP contribution is -2.44.